The smallest absolute Gasteiger partial charge is 0.416 e. The molecule has 0 aliphatic carbocycles. The summed E-state index contributed by atoms with van der Waals surface area (Å²) in [7, 11) is 3.15. The average molecular weight is 431 g/mol. The number of carbonyl (C=O) groups is 1. The first kappa shape index (κ1) is 19.9. The van der Waals surface area contributed by atoms with E-state index < -0.39 is 23.4 Å². The molecule has 0 bridgehead atoms. The third-order valence-corrected chi connectivity index (χ3v) is 5.51. The summed E-state index contributed by atoms with van der Waals surface area (Å²) in [5.41, 5.74) is 5.77. The Kier molecular flexibility index (Phi) is 4.55. The third kappa shape index (κ3) is 2.76. The Bertz CT molecular complexity index is 1460. The van der Waals surface area contributed by atoms with Crippen molar-refractivity contribution < 1.29 is 9.90 Å². The highest BCUT2D eigenvalue weighted by atomic mass is 35.5. The molecule has 0 fully saturated rings. The van der Waals surface area contributed by atoms with Gasteiger partial charge in [0.2, 0.25) is 0 Å². The molecule has 3 aromatic heterocycles. The van der Waals surface area contributed by atoms with Gasteiger partial charge in [-0.3, -0.25) is 13.9 Å². The molecule has 30 heavy (non-hydrogen) atoms. The molecule has 11 heteroatoms. The lowest BCUT2D eigenvalue weighted by atomic mass is 10.2. The second-order valence-electron chi connectivity index (χ2n) is 7.15. The Labute approximate surface area is 174 Å². The van der Waals surface area contributed by atoms with Gasteiger partial charge in [0.1, 0.15) is 5.82 Å². The fraction of sp³-hybridized carbons (Fsp3) is 0.263. The fourth-order valence-corrected chi connectivity index (χ4v) is 3.98. The third-order valence-electron chi connectivity index (χ3n) is 5.18. The molecular weight excluding hydrogens is 412 g/mol. The van der Waals surface area contributed by atoms with Gasteiger partial charge in [0.25, 0.3) is 5.56 Å². The molecule has 156 valence electrons. The Morgan fingerprint density at radius 1 is 1.27 bits per heavy atom. The van der Waals surface area contributed by atoms with Crippen LogP contribution in [0.25, 0.3) is 22.1 Å². The SMILES string of the molecule is CC(N)c1nc2c(c(=O)n(Cc3cc4c(Cl)cccc4n3C(=O)O)c(=O)n2C)n1C. The van der Waals surface area contributed by atoms with Gasteiger partial charge in [-0.2, -0.15) is 0 Å². The van der Waals surface area contributed by atoms with Crippen molar-refractivity contribution in [3.8, 4) is 0 Å². The maximum absolute atomic E-state index is 13.2. The highest BCUT2D eigenvalue weighted by molar-refractivity contribution is 6.35. The highest BCUT2D eigenvalue weighted by Crippen LogP contribution is 2.27. The number of imidazole rings is 1. The first-order valence-electron chi connectivity index (χ1n) is 9.07. The number of nitrogens with two attached hydrogens (primary N) is 1. The number of fused-ring (bicyclic) bond motifs is 2. The predicted octanol–water partition coefficient (Wildman–Crippen LogP) is 1.64. The Morgan fingerprint density at radius 3 is 2.60 bits per heavy atom. The van der Waals surface area contributed by atoms with Crippen LogP contribution in [-0.2, 0) is 20.6 Å². The van der Waals surface area contributed by atoms with Crippen LogP contribution >= 0.6 is 11.6 Å². The van der Waals surface area contributed by atoms with E-state index in [0.717, 1.165) is 9.13 Å². The lowest BCUT2D eigenvalue weighted by Gasteiger charge is -2.10. The monoisotopic (exact) mass is 430 g/mol. The van der Waals surface area contributed by atoms with E-state index in [1.54, 1.807) is 42.8 Å². The van der Waals surface area contributed by atoms with Gasteiger partial charge in [-0.25, -0.2) is 19.1 Å². The van der Waals surface area contributed by atoms with Crippen LogP contribution in [0.1, 0.15) is 24.5 Å². The molecule has 0 aliphatic heterocycles. The van der Waals surface area contributed by atoms with E-state index in [-0.39, 0.29) is 23.4 Å². The lowest BCUT2D eigenvalue weighted by molar-refractivity contribution is 0.196. The molecule has 4 aromatic rings. The largest absolute Gasteiger partial charge is 0.464 e. The van der Waals surface area contributed by atoms with Gasteiger partial charge in [0, 0.05) is 24.5 Å². The number of hydrogen-bond acceptors (Lipinski definition) is 5. The first-order chi connectivity index (χ1) is 14.1. The molecule has 1 atom stereocenters. The maximum atomic E-state index is 13.2. The van der Waals surface area contributed by atoms with E-state index in [0.29, 0.717) is 21.7 Å². The van der Waals surface area contributed by atoms with Crippen LogP contribution in [0.4, 0.5) is 4.79 Å². The molecule has 0 aliphatic rings. The minimum Gasteiger partial charge on any atom is -0.464 e. The number of aromatic nitrogens is 5. The fourth-order valence-electron chi connectivity index (χ4n) is 3.76. The van der Waals surface area contributed by atoms with E-state index in [9.17, 15) is 19.5 Å². The number of benzene rings is 1. The van der Waals surface area contributed by atoms with Gasteiger partial charge in [-0.1, -0.05) is 17.7 Å². The number of halogens is 1. The Hall–Kier alpha value is -3.37. The molecule has 1 aromatic carbocycles. The second-order valence-corrected chi connectivity index (χ2v) is 7.56. The highest BCUT2D eigenvalue weighted by Gasteiger charge is 2.22. The van der Waals surface area contributed by atoms with E-state index in [1.807, 2.05) is 0 Å². The van der Waals surface area contributed by atoms with Crippen LogP contribution in [0.3, 0.4) is 0 Å². The summed E-state index contributed by atoms with van der Waals surface area (Å²) in [6.45, 7) is 1.48. The zero-order valence-corrected chi connectivity index (χ0v) is 17.2. The summed E-state index contributed by atoms with van der Waals surface area (Å²) in [4.78, 5) is 42.4. The van der Waals surface area contributed by atoms with Crippen molar-refractivity contribution in [1.82, 2.24) is 23.3 Å². The topological polar surface area (TPSA) is 130 Å². The molecule has 3 N–H and O–H groups in total. The zero-order chi connectivity index (χ0) is 21.9. The van der Waals surface area contributed by atoms with Crippen LogP contribution in [0.2, 0.25) is 5.02 Å². The van der Waals surface area contributed by atoms with Crippen LogP contribution in [-0.4, -0.2) is 34.5 Å². The average Bonchev–Trinajstić information content (AvgIpc) is 3.22. The van der Waals surface area contributed by atoms with Crippen LogP contribution < -0.4 is 17.0 Å². The number of aryl methyl sites for hydroxylation is 2. The molecule has 0 spiro atoms. The van der Waals surface area contributed by atoms with Gasteiger partial charge in [-0.15, -0.1) is 0 Å². The molecule has 0 amide bonds. The van der Waals surface area contributed by atoms with Gasteiger partial charge >= 0.3 is 11.8 Å². The van der Waals surface area contributed by atoms with Crippen molar-refractivity contribution in [1.29, 1.82) is 0 Å². The number of carboxylic acid groups (broad SMARTS) is 1. The predicted molar refractivity (Wildman–Crippen MR) is 112 cm³/mol. The minimum absolute atomic E-state index is 0.209. The number of nitrogens with zero attached hydrogens (tertiary/aromatic N) is 5. The quantitative estimate of drug-likeness (QED) is 0.508. The summed E-state index contributed by atoms with van der Waals surface area (Å²) in [6, 6.07) is 6.01. The van der Waals surface area contributed by atoms with Gasteiger partial charge in [-0.05, 0) is 25.1 Å². The van der Waals surface area contributed by atoms with Crippen molar-refractivity contribution in [3.05, 3.63) is 61.6 Å². The first-order valence-corrected chi connectivity index (χ1v) is 9.45. The van der Waals surface area contributed by atoms with Gasteiger partial charge < -0.3 is 15.4 Å². The van der Waals surface area contributed by atoms with Crippen LogP contribution in [0, 0.1) is 0 Å². The summed E-state index contributed by atoms with van der Waals surface area (Å²) in [5, 5.41) is 10.6. The Balaban J connectivity index is 2.01. The summed E-state index contributed by atoms with van der Waals surface area (Å²) >= 11 is 6.20. The molecule has 3 heterocycles. The summed E-state index contributed by atoms with van der Waals surface area (Å²) < 4.78 is 4.82. The molecule has 10 nitrogen and oxygen atoms in total. The number of hydrogen-bond donors (Lipinski definition) is 2. The molecular formula is C19H19ClN6O4. The van der Waals surface area contributed by atoms with Gasteiger partial charge in [0.05, 0.1) is 23.8 Å². The second kappa shape index (κ2) is 6.85. The van der Waals surface area contributed by atoms with Gasteiger partial charge in [0.15, 0.2) is 11.2 Å². The summed E-state index contributed by atoms with van der Waals surface area (Å²) in [6.07, 6.45) is -1.24. The molecule has 0 saturated heterocycles. The van der Waals surface area contributed by atoms with Crippen LogP contribution in [0.5, 0.6) is 0 Å². The summed E-state index contributed by atoms with van der Waals surface area (Å²) in [5.74, 6) is 0.460. The normalized spacial score (nSPS) is 12.7. The van der Waals surface area contributed by atoms with E-state index in [4.69, 9.17) is 17.3 Å². The van der Waals surface area contributed by atoms with Crippen molar-refractivity contribution in [2.75, 3.05) is 0 Å². The maximum Gasteiger partial charge on any atom is 0.416 e. The van der Waals surface area contributed by atoms with Crippen molar-refractivity contribution in [3.63, 3.8) is 0 Å². The van der Waals surface area contributed by atoms with Crippen molar-refractivity contribution in [2.45, 2.75) is 19.5 Å². The lowest BCUT2D eigenvalue weighted by Crippen LogP contribution is -2.40. The molecule has 1 unspecified atom stereocenters. The molecule has 0 radical (unpaired) electrons. The standard InChI is InChI=1S/C19H19ClN6O4/c1-9(21)15-22-16-14(23(15)2)17(27)25(18(28)24(16)3)8-10-7-11-12(20)5-4-6-13(11)26(10)19(29)30/h4-7,9H,8,21H2,1-3H3,(H,29,30). The van der Waals surface area contributed by atoms with E-state index in [1.165, 1.54) is 11.6 Å². The molecule has 4 rings (SSSR count). The van der Waals surface area contributed by atoms with Crippen molar-refractivity contribution >= 4 is 39.8 Å². The van der Waals surface area contributed by atoms with E-state index in [2.05, 4.69) is 4.98 Å². The Morgan fingerprint density at radius 2 is 1.97 bits per heavy atom. The zero-order valence-electron chi connectivity index (χ0n) is 16.5. The molecule has 0 saturated carbocycles. The van der Waals surface area contributed by atoms with Crippen LogP contribution in [0.15, 0.2) is 33.9 Å². The van der Waals surface area contributed by atoms with Crippen molar-refractivity contribution in [2.24, 2.45) is 19.8 Å². The number of rotatable bonds is 3. The minimum atomic E-state index is -1.24. The van der Waals surface area contributed by atoms with E-state index >= 15 is 0 Å².